The maximum Gasteiger partial charge on any atom is 0.439 e. The van der Waals surface area contributed by atoms with Crippen LogP contribution in [0.5, 0.6) is 5.75 Å². The second kappa shape index (κ2) is 7.81. The number of aromatic amines is 1. The summed E-state index contributed by atoms with van der Waals surface area (Å²) in [5.74, 6) is -2.36. The summed E-state index contributed by atoms with van der Waals surface area (Å²) in [5.41, 5.74) is 0.857. The summed E-state index contributed by atoms with van der Waals surface area (Å²) < 4.78 is 37.0. The van der Waals surface area contributed by atoms with Gasteiger partial charge in [0, 0.05) is 17.7 Å². The topological polar surface area (TPSA) is 97.2 Å². The van der Waals surface area contributed by atoms with Crippen LogP contribution in [0.15, 0.2) is 45.7 Å². The van der Waals surface area contributed by atoms with Crippen molar-refractivity contribution in [2.45, 2.75) is 13.5 Å². The summed E-state index contributed by atoms with van der Waals surface area (Å²) in [6.07, 6.45) is 0. The fourth-order valence-electron chi connectivity index (χ4n) is 2.28. The number of benzene rings is 2. The van der Waals surface area contributed by atoms with Crippen molar-refractivity contribution in [1.82, 2.24) is 15.5 Å². The van der Waals surface area contributed by atoms with E-state index in [0.29, 0.717) is 11.3 Å². The first-order valence-electron chi connectivity index (χ1n) is 7.93. The minimum atomic E-state index is -0.974. The van der Waals surface area contributed by atoms with Crippen LogP contribution in [0.2, 0.25) is 0 Å². The lowest BCUT2D eigenvalue weighted by molar-refractivity contribution is -0.123. The minimum absolute atomic E-state index is 0.0532. The molecule has 1 aromatic heterocycles. The SMILES string of the molecule is Cc1ccc(CNC(=O)COc2ccc(-c3noc(=O)[nH]3)cc2)c(F)c1F. The van der Waals surface area contributed by atoms with Gasteiger partial charge in [0.15, 0.2) is 24.1 Å². The van der Waals surface area contributed by atoms with Crippen molar-refractivity contribution in [2.24, 2.45) is 0 Å². The Labute approximate surface area is 152 Å². The Morgan fingerprint density at radius 1 is 1.19 bits per heavy atom. The van der Waals surface area contributed by atoms with E-state index in [-0.39, 0.29) is 30.1 Å². The average Bonchev–Trinajstić information content (AvgIpc) is 3.10. The third-order valence-corrected chi connectivity index (χ3v) is 3.77. The molecule has 0 bridgehead atoms. The molecule has 1 amide bonds. The van der Waals surface area contributed by atoms with E-state index in [1.54, 1.807) is 24.3 Å². The molecule has 0 radical (unpaired) electrons. The molecule has 0 saturated carbocycles. The van der Waals surface area contributed by atoms with E-state index in [1.807, 2.05) is 0 Å². The van der Waals surface area contributed by atoms with Gasteiger partial charge in [0.1, 0.15) is 5.75 Å². The van der Waals surface area contributed by atoms with E-state index in [1.165, 1.54) is 19.1 Å². The van der Waals surface area contributed by atoms with Crippen LogP contribution in [-0.4, -0.2) is 22.7 Å². The van der Waals surface area contributed by atoms with Crippen LogP contribution in [0.4, 0.5) is 8.78 Å². The summed E-state index contributed by atoms with van der Waals surface area (Å²) in [7, 11) is 0. The first-order valence-corrected chi connectivity index (χ1v) is 7.93. The molecule has 0 unspecified atom stereocenters. The van der Waals surface area contributed by atoms with Crippen molar-refractivity contribution in [2.75, 3.05) is 6.61 Å². The zero-order chi connectivity index (χ0) is 19.4. The number of amides is 1. The monoisotopic (exact) mass is 375 g/mol. The van der Waals surface area contributed by atoms with Gasteiger partial charge in [-0.2, -0.15) is 0 Å². The summed E-state index contributed by atoms with van der Waals surface area (Å²) in [6.45, 7) is 1.01. The normalized spacial score (nSPS) is 10.6. The Kier molecular flexibility index (Phi) is 5.30. The number of hydrogen-bond acceptors (Lipinski definition) is 5. The molecule has 3 rings (SSSR count). The van der Waals surface area contributed by atoms with E-state index in [4.69, 9.17) is 4.74 Å². The van der Waals surface area contributed by atoms with Crippen LogP contribution in [-0.2, 0) is 11.3 Å². The molecule has 7 nitrogen and oxygen atoms in total. The molecular weight excluding hydrogens is 360 g/mol. The molecule has 0 atom stereocenters. The van der Waals surface area contributed by atoms with Crippen molar-refractivity contribution < 1.29 is 22.8 Å². The molecule has 2 aromatic carbocycles. The summed E-state index contributed by atoms with van der Waals surface area (Å²) >= 11 is 0. The van der Waals surface area contributed by atoms with Gasteiger partial charge in [-0.15, -0.1) is 0 Å². The summed E-state index contributed by atoms with van der Waals surface area (Å²) in [6, 6.07) is 9.30. The zero-order valence-corrected chi connectivity index (χ0v) is 14.2. The van der Waals surface area contributed by atoms with E-state index in [0.717, 1.165) is 0 Å². The molecule has 0 aliphatic rings. The third kappa shape index (κ3) is 4.38. The second-order valence-corrected chi connectivity index (χ2v) is 5.70. The van der Waals surface area contributed by atoms with E-state index < -0.39 is 23.3 Å². The predicted molar refractivity (Wildman–Crippen MR) is 91.0 cm³/mol. The van der Waals surface area contributed by atoms with Gasteiger partial charge in [-0.05, 0) is 36.8 Å². The van der Waals surface area contributed by atoms with Gasteiger partial charge in [-0.25, -0.2) is 13.6 Å². The summed E-state index contributed by atoms with van der Waals surface area (Å²) in [4.78, 5) is 25.2. The van der Waals surface area contributed by atoms with Gasteiger partial charge in [0.05, 0.1) is 0 Å². The van der Waals surface area contributed by atoms with Crippen molar-refractivity contribution in [1.29, 1.82) is 0 Å². The fraction of sp³-hybridized carbons (Fsp3) is 0.167. The largest absolute Gasteiger partial charge is 0.484 e. The molecule has 0 fully saturated rings. The van der Waals surface area contributed by atoms with Gasteiger partial charge in [-0.3, -0.25) is 14.3 Å². The standard InChI is InChI=1S/C18H15F2N3O4/c1-10-2-3-12(16(20)15(10)19)8-21-14(24)9-26-13-6-4-11(5-7-13)17-22-18(25)27-23-17/h2-7H,8-9H2,1H3,(H,21,24)(H,22,23,25). The van der Waals surface area contributed by atoms with E-state index in [2.05, 4.69) is 20.0 Å². The van der Waals surface area contributed by atoms with Crippen LogP contribution in [0.25, 0.3) is 11.4 Å². The number of H-pyrrole nitrogens is 1. The number of hydrogen-bond donors (Lipinski definition) is 2. The number of carbonyl (C=O) groups excluding carboxylic acids is 1. The van der Waals surface area contributed by atoms with Gasteiger partial charge < -0.3 is 10.1 Å². The lowest BCUT2D eigenvalue weighted by Crippen LogP contribution is -2.28. The third-order valence-electron chi connectivity index (χ3n) is 3.77. The maximum atomic E-state index is 13.8. The number of aryl methyl sites for hydroxylation is 1. The Morgan fingerprint density at radius 3 is 2.59 bits per heavy atom. The Balaban J connectivity index is 1.52. The lowest BCUT2D eigenvalue weighted by Gasteiger charge is -2.09. The first kappa shape index (κ1) is 18.3. The van der Waals surface area contributed by atoms with Crippen LogP contribution in [0, 0.1) is 18.6 Å². The highest BCUT2D eigenvalue weighted by molar-refractivity contribution is 5.77. The molecule has 2 N–H and O–H groups in total. The van der Waals surface area contributed by atoms with Gasteiger partial charge in [0.25, 0.3) is 5.91 Å². The molecule has 3 aromatic rings. The Bertz CT molecular complexity index is 1010. The van der Waals surface area contributed by atoms with Gasteiger partial charge in [0.2, 0.25) is 0 Å². The highest BCUT2D eigenvalue weighted by atomic mass is 19.2. The molecule has 140 valence electrons. The van der Waals surface area contributed by atoms with Crippen LogP contribution >= 0.6 is 0 Å². The Morgan fingerprint density at radius 2 is 1.93 bits per heavy atom. The van der Waals surface area contributed by atoms with Crippen LogP contribution in [0.3, 0.4) is 0 Å². The molecule has 1 heterocycles. The van der Waals surface area contributed by atoms with E-state index >= 15 is 0 Å². The minimum Gasteiger partial charge on any atom is -0.484 e. The number of rotatable bonds is 6. The number of ether oxygens (including phenoxy) is 1. The maximum absolute atomic E-state index is 13.8. The highest BCUT2D eigenvalue weighted by Crippen LogP contribution is 2.18. The first-order chi connectivity index (χ1) is 12.9. The molecule has 0 saturated heterocycles. The number of nitrogens with one attached hydrogen (secondary N) is 2. The summed E-state index contributed by atoms with van der Waals surface area (Å²) in [5, 5.41) is 6.02. The van der Waals surface area contributed by atoms with Crippen molar-refractivity contribution in [3.8, 4) is 17.1 Å². The van der Waals surface area contributed by atoms with Crippen LogP contribution < -0.4 is 15.8 Å². The molecule has 0 spiro atoms. The smallest absolute Gasteiger partial charge is 0.439 e. The molecule has 0 aliphatic carbocycles. The van der Waals surface area contributed by atoms with Crippen molar-refractivity contribution in [3.05, 3.63) is 69.7 Å². The predicted octanol–water partition coefficient (Wildman–Crippen LogP) is 2.31. The fourth-order valence-corrected chi connectivity index (χ4v) is 2.28. The van der Waals surface area contributed by atoms with E-state index in [9.17, 15) is 18.4 Å². The second-order valence-electron chi connectivity index (χ2n) is 5.70. The van der Waals surface area contributed by atoms with Crippen molar-refractivity contribution in [3.63, 3.8) is 0 Å². The average molecular weight is 375 g/mol. The molecule has 27 heavy (non-hydrogen) atoms. The number of carbonyl (C=O) groups is 1. The number of halogens is 2. The molecule has 9 heteroatoms. The van der Waals surface area contributed by atoms with Crippen LogP contribution in [0.1, 0.15) is 11.1 Å². The Hall–Kier alpha value is -3.49. The highest BCUT2D eigenvalue weighted by Gasteiger charge is 2.12. The quantitative estimate of drug-likeness (QED) is 0.689. The molecular formula is C18H15F2N3O4. The van der Waals surface area contributed by atoms with Gasteiger partial charge >= 0.3 is 5.76 Å². The van der Waals surface area contributed by atoms with Crippen molar-refractivity contribution >= 4 is 5.91 Å². The number of aromatic nitrogens is 2. The number of nitrogens with zero attached hydrogens (tertiary/aromatic N) is 1. The van der Waals surface area contributed by atoms with Gasteiger partial charge in [-0.1, -0.05) is 17.3 Å². The molecule has 0 aliphatic heterocycles. The zero-order valence-electron chi connectivity index (χ0n) is 14.2. The lowest BCUT2D eigenvalue weighted by atomic mass is 10.1.